The van der Waals surface area contributed by atoms with Gasteiger partial charge in [0.25, 0.3) is 5.69 Å². The van der Waals surface area contributed by atoms with Gasteiger partial charge in [0, 0.05) is 12.1 Å². The van der Waals surface area contributed by atoms with Gasteiger partial charge in [0.1, 0.15) is 0 Å². The number of nitrogens with zero attached hydrogens (tertiary/aromatic N) is 2. The molecule has 0 saturated heterocycles. The molecule has 0 N–H and O–H groups in total. The molecule has 2 rings (SSSR count). The molecule has 1 aromatic carbocycles. The van der Waals surface area contributed by atoms with E-state index in [0.29, 0.717) is 0 Å². The first-order valence-electron chi connectivity index (χ1n) is 4.38. The van der Waals surface area contributed by atoms with Crippen molar-refractivity contribution in [1.82, 2.24) is 4.98 Å². The molecule has 0 unspecified atom stereocenters. The van der Waals surface area contributed by atoms with Crippen molar-refractivity contribution in [2.45, 2.75) is 11.3 Å². The molecule has 0 atom stereocenters. The summed E-state index contributed by atoms with van der Waals surface area (Å²) >= 11 is 3.15. The Morgan fingerprint density at radius 3 is 3.07 bits per heavy atom. The number of hydrogen-bond donors (Lipinski definition) is 0. The summed E-state index contributed by atoms with van der Waals surface area (Å²) in [5, 5.41) is 10.6. The minimum absolute atomic E-state index is 0.124. The topological polar surface area (TPSA) is 56.0 Å². The predicted molar refractivity (Wildman–Crippen MR) is 62.7 cm³/mol. The van der Waals surface area contributed by atoms with E-state index in [0.717, 1.165) is 20.3 Å². The highest BCUT2D eigenvalue weighted by Crippen LogP contribution is 2.31. The molecule has 2 aromatic rings. The highest BCUT2D eigenvalue weighted by molar-refractivity contribution is 8.01. The number of rotatable bonds is 3. The van der Waals surface area contributed by atoms with Gasteiger partial charge in [0.15, 0.2) is 4.34 Å². The van der Waals surface area contributed by atoms with Crippen molar-refractivity contribution in [2.75, 3.05) is 5.75 Å². The van der Waals surface area contributed by atoms with Crippen LogP contribution in [0.15, 0.2) is 22.5 Å². The van der Waals surface area contributed by atoms with Crippen LogP contribution in [0.2, 0.25) is 0 Å². The second-order valence-corrected chi connectivity index (χ2v) is 5.36. The number of benzene rings is 1. The van der Waals surface area contributed by atoms with Gasteiger partial charge in [0.2, 0.25) is 0 Å². The molecule has 1 heterocycles. The molecule has 0 aliphatic carbocycles. The molecular formula is C9H8N2O2S2. The lowest BCUT2D eigenvalue weighted by Gasteiger charge is -1.88. The van der Waals surface area contributed by atoms with Crippen LogP contribution in [0.5, 0.6) is 0 Å². The summed E-state index contributed by atoms with van der Waals surface area (Å²) in [7, 11) is 0. The third-order valence-corrected chi connectivity index (χ3v) is 3.87. The Balaban J connectivity index is 2.47. The lowest BCUT2D eigenvalue weighted by atomic mass is 10.3. The van der Waals surface area contributed by atoms with Gasteiger partial charge < -0.3 is 0 Å². The quantitative estimate of drug-likeness (QED) is 0.469. The maximum atomic E-state index is 10.6. The summed E-state index contributed by atoms with van der Waals surface area (Å²) in [6, 6.07) is 4.76. The number of nitro groups is 1. The van der Waals surface area contributed by atoms with Crippen LogP contribution in [0.1, 0.15) is 6.92 Å². The van der Waals surface area contributed by atoms with Crippen LogP contribution in [0.4, 0.5) is 5.69 Å². The number of fused-ring (bicyclic) bond motifs is 1. The smallest absolute Gasteiger partial charge is 0.258 e. The summed E-state index contributed by atoms with van der Waals surface area (Å²) in [4.78, 5) is 14.5. The van der Waals surface area contributed by atoms with Gasteiger partial charge in [-0.3, -0.25) is 10.1 Å². The Bertz CT molecular complexity index is 510. The summed E-state index contributed by atoms with van der Waals surface area (Å²) < 4.78 is 1.84. The summed E-state index contributed by atoms with van der Waals surface area (Å²) in [5.41, 5.74) is 0.959. The van der Waals surface area contributed by atoms with E-state index in [9.17, 15) is 10.1 Å². The SMILES string of the molecule is CCSc1nc2ccc([N+](=O)[O-])cc2s1. The fraction of sp³-hybridized carbons (Fsp3) is 0.222. The average Bonchev–Trinajstić information content (AvgIpc) is 2.59. The molecule has 0 aliphatic rings. The number of hydrogen-bond acceptors (Lipinski definition) is 5. The summed E-state index contributed by atoms with van der Waals surface area (Å²) in [6.45, 7) is 2.05. The average molecular weight is 240 g/mol. The third-order valence-electron chi connectivity index (χ3n) is 1.83. The molecule has 0 saturated carbocycles. The van der Waals surface area contributed by atoms with Gasteiger partial charge in [-0.15, -0.1) is 11.3 Å². The van der Waals surface area contributed by atoms with E-state index < -0.39 is 0 Å². The first-order valence-corrected chi connectivity index (χ1v) is 6.18. The van der Waals surface area contributed by atoms with Gasteiger partial charge >= 0.3 is 0 Å². The predicted octanol–water partition coefficient (Wildman–Crippen LogP) is 3.32. The largest absolute Gasteiger partial charge is 0.270 e. The number of aromatic nitrogens is 1. The molecule has 6 heteroatoms. The third kappa shape index (κ3) is 2.10. The lowest BCUT2D eigenvalue weighted by molar-refractivity contribution is -0.384. The van der Waals surface area contributed by atoms with Crippen molar-refractivity contribution >= 4 is 39.0 Å². The number of nitro benzene ring substituents is 1. The Morgan fingerprint density at radius 1 is 1.60 bits per heavy atom. The number of thioether (sulfide) groups is 1. The minimum atomic E-state index is -0.383. The van der Waals surface area contributed by atoms with Gasteiger partial charge in [-0.25, -0.2) is 4.98 Å². The Morgan fingerprint density at radius 2 is 2.40 bits per heavy atom. The van der Waals surface area contributed by atoms with Crippen LogP contribution < -0.4 is 0 Å². The molecule has 0 fully saturated rings. The molecule has 0 aliphatic heterocycles. The molecule has 15 heavy (non-hydrogen) atoms. The van der Waals surface area contributed by atoms with E-state index in [4.69, 9.17) is 0 Å². The normalized spacial score (nSPS) is 10.7. The van der Waals surface area contributed by atoms with E-state index in [1.165, 1.54) is 17.4 Å². The molecule has 4 nitrogen and oxygen atoms in total. The fourth-order valence-corrected chi connectivity index (χ4v) is 3.19. The molecular weight excluding hydrogens is 232 g/mol. The summed E-state index contributed by atoms with van der Waals surface area (Å²) in [5.74, 6) is 0.960. The van der Waals surface area contributed by atoms with Crippen molar-refractivity contribution in [3.05, 3.63) is 28.3 Å². The van der Waals surface area contributed by atoms with Crippen LogP contribution in [-0.4, -0.2) is 15.7 Å². The molecule has 1 aromatic heterocycles. The number of non-ortho nitro benzene ring substituents is 1. The highest BCUT2D eigenvalue weighted by atomic mass is 32.2. The Hall–Kier alpha value is -1.14. The van der Waals surface area contributed by atoms with Crippen LogP contribution in [0.25, 0.3) is 10.2 Å². The first kappa shape index (κ1) is 10.4. The first-order chi connectivity index (χ1) is 7.20. The van der Waals surface area contributed by atoms with E-state index in [1.807, 2.05) is 0 Å². The van der Waals surface area contributed by atoms with Crippen LogP contribution in [0.3, 0.4) is 0 Å². The zero-order chi connectivity index (χ0) is 10.8. The van der Waals surface area contributed by atoms with Crippen molar-refractivity contribution < 1.29 is 4.92 Å². The molecule has 0 spiro atoms. The van der Waals surface area contributed by atoms with Crippen LogP contribution >= 0.6 is 23.1 Å². The molecule has 0 radical (unpaired) electrons. The van der Waals surface area contributed by atoms with Crippen molar-refractivity contribution in [3.8, 4) is 0 Å². The highest BCUT2D eigenvalue weighted by Gasteiger charge is 2.09. The molecule has 0 amide bonds. The maximum absolute atomic E-state index is 10.6. The van der Waals surface area contributed by atoms with E-state index in [-0.39, 0.29) is 10.6 Å². The van der Waals surface area contributed by atoms with Gasteiger partial charge in [-0.2, -0.15) is 0 Å². The number of thiazole rings is 1. The summed E-state index contributed by atoms with van der Waals surface area (Å²) in [6.07, 6.45) is 0. The standard InChI is InChI=1S/C9H8N2O2S2/c1-2-14-9-10-7-4-3-6(11(12)13)5-8(7)15-9/h3-5H,2H2,1H3. The Kier molecular flexibility index (Phi) is 2.88. The molecule has 78 valence electrons. The minimum Gasteiger partial charge on any atom is -0.258 e. The zero-order valence-electron chi connectivity index (χ0n) is 7.97. The second-order valence-electron chi connectivity index (χ2n) is 2.82. The van der Waals surface area contributed by atoms with Crippen molar-refractivity contribution in [1.29, 1.82) is 0 Å². The lowest BCUT2D eigenvalue weighted by Crippen LogP contribution is -1.85. The van der Waals surface area contributed by atoms with Crippen LogP contribution in [0, 0.1) is 10.1 Å². The van der Waals surface area contributed by atoms with Gasteiger partial charge in [-0.05, 0) is 11.8 Å². The van der Waals surface area contributed by atoms with Gasteiger partial charge in [0.05, 0.1) is 15.1 Å². The van der Waals surface area contributed by atoms with E-state index in [2.05, 4.69) is 11.9 Å². The van der Waals surface area contributed by atoms with Crippen molar-refractivity contribution in [2.24, 2.45) is 0 Å². The maximum Gasteiger partial charge on any atom is 0.270 e. The zero-order valence-corrected chi connectivity index (χ0v) is 9.60. The second kappa shape index (κ2) is 4.16. The van der Waals surface area contributed by atoms with E-state index >= 15 is 0 Å². The van der Waals surface area contributed by atoms with Crippen LogP contribution in [-0.2, 0) is 0 Å². The Labute approximate surface area is 94.5 Å². The fourth-order valence-electron chi connectivity index (χ4n) is 1.19. The van der Waals surface area contributed by atoms with E-state index in [1.54, 1.807) is 23.9 Å². The molecule has 0 bridgehead atoms. The monoisotopic (exact) mass is 240 g/mol. The van der Waals surface area contributed by atoms with Gasteiger partial charge in [-0.1, -0.05) is 18.7 Å². The van der Waals surface area contributed by atoms with Crippen molar-refractivity contribution in [3.63, 3.8) is 0 Å².